The quantitative estimate of drug-likeness (QED) is 0.787. The fraction of sp³-hybridized carbons (Fsp3) is 0.308. The molecule has 17 heavy (non-hydrogen) atoms. The maximum Gasteiger partial charge on any atom is 0.0813 e. The molecule has 0 bridgehead atoms. The number of aliphatic hydroxyl groups is 1. The number of nitrogen functional groups attached to an aromatic ring is 1. The lowest BCUT2D eigenvalue weighted by atomic mass is 10.0. The second-order valence-electron chi connectivity index (χ2n) is 4.13. The van der Waals surface area contributed by atoms with Gasteiger partial charge in [0.15, 0.2) is 0 Å². The normalized spacial score (nSPS) is 12.6. The Labute approximate surface area is 101 Å². The molecule has 0 aliphatic heterocycles. The average Bonchev–Trinajstić information content (AvgIpc) is 2.72. The van der Waals surface area contributed by atoms with Crippen LogP contribution in [-0.2, 0) is 13.5 Å². The average molecular weight is 231 g/mol. The molecule has 1 atom stereocenters. The summed E-state index contributed by atoms with van der Waals surface area (Å²) in [4.78, 5) is 0. The fourth-order valence-electron chi connectivity index (χ4n) is 1.90. The molecule has 0 saturated carbocycles. The highest BCUT2D eigenvalue weighted by Crippen LogP contribution is 2.23. The standard InChI is InChI=1S/C13H17N3O/c1-16-10(8-9-15-16)6-7-13(17)11-4-2-3-5-12(11)14/h2-5,8-9,13,17H,6-7,14H2,1H3. The Bertz CT molecular complexity index is 493. The highest BCUT2D eigenvalue weighted by Gasteiger charge is 2.11. The van der Waals surface area contributed by atoms with Gasteiger partial charge in [-0.1, -0.05) is 18.2 Å². The SMILES string of the molecule is Cn1nccc1CCC(O)c1ccccc1N. The molecule has 1 aromatic heterocycles. The van der Waals surface area contributed by atoms with Crippen LogP contribution in [0.1, 0.15) is 23.8 Å². The molecule has 0 aliphatic rings. The molecule has 0 aliphatic carbocycles. The third kappa shape index (κ3) is 2.65. The van der Waals surface area contributed by atoms with Gasteiger partial charge >= 0.3 is 0 Å². The van der Waals surface area contributed by atoms with Gasteiger partial charge in [-0.2, -0.15) is 5.10 Å². The first-order valence-corrected chi connectivity index (χ1v) is 5.68. The summed E-state index contributed by atoms with van der Waals surface area (Å²) in [5.41, 5.74) is 8.38. The number of rotatable bonds is 4. The Morgan fingerprint density at radius 3 is 2.76 bits per heavy atom. The number of aromatic nitrogens is 2. The molecule has 3 N–H and O–H groups in total. The van der Waals surface area contributed by atoms with E-state index in [1.165, 1.54) is 0 Å². The zero-order valence-corrected chi connectivity index (χ0v) is 9.87. The Kier molecular flexibility index (Phi) is 3.44. The maximum atomic E-state index is 10.1. The first kappa shape index (κ1) is 11.7. The molecule has 0 spiro atoms. The Balaban J connectivity index is 2.01. The largest absolute Gasteiger partial charge is 0.398 e. The van der Waals surface area contributed by atoms with Gasteiger partial charge in [0, 0.05) is 30.2 Å². The Hall–Kier alpha value is -1.81. The minimum Gasteiger partial charge on any atom is -0.398 e. The lowest BCUT2D eigenvalue weighted by Crippen LogP contribution is -2.05. The molecule has 0 fully saturated rings. The van der Waals surface area contributed by atoms with Crippen LogP contribution in [0.15, 0.2) is 36.5 Å². The number of para-hydroxylation sites is 1. The zero-order valence-electron chi connectivity index (χ0n) is 9.87. The van der Waals surface area contributed by atoms with Crippen molar-refractivity contribution in [3.05, 3.63) is 47.8 Å². The number of nitrogens with zero attached hydrogens (tertiary/aromatic N) is 2. The summed E-state index contributed by atoms with van der Waals surface area (Å²) < 4.78 is 1.82. The number of nitrogens with two attached hydrogens (primary N) is 1. The van der Waals surface area contributed by atoms with Gasteiger partial charge in [0.05, 0.1) is 6.10 Å². The second-order valence-corrected chi connectivity index (χ2v) is 4.13. The Morgan fingerprint density at radius 2 is 2.12 bits per heavy atom. The van der Waals surface area contributed by atoms with E-state index in [9.17, 15) is 5.11 Å². The first-order valence-electron chi connectivity index (χ1n) is 5.68. The minimum absolute atomic E-state index is 0.522. The van der Waals surface area contributed by atoms with Crippen molar-refractivity contribution in [2.24, 2.45) is 7.05 Å². The highest BCUT2D eigenvalue weighted by atomic mass is 16.3. The van der Waals surface area contributed by atoms with Crippen LogP contribution in [0.4, 0.5) is 5.69 Å². The smallest absolute Gasteiger partial charge is 0.0813 e. The van der Waals surface area contributed by atoms with Gasteiger partial charge in [-0.25, -0.2) is 0 Å². The van der Waals surface area contributed by atoms with E-state index in [2.05, 4.69) is 5.10 Å². The second kappa shape index (κ2) is 5.01. The lowest BCUT2D eigenvalue weighted by molar-refractivity contribution is 0.168. The zero-order chi connectivity index (χ0) is 12.3. The molecule has 0 amide bonds. The summed E-state index contributed by atoms with van der Waals surface area (Å²) >= 11 is 0. The van der Waals surface area contributed by atoms with Crippen molar-refractivity contribution in [1.29, 1.82) is 0 Å². The van der Waals surface area contributed by atoms with E-state index in [0.717, 1.165) is 17.7 Å². The minimum atomic E-state index is -0.522. The predicted molar refractivity (Wildman–Crippen MR) is 67.3 cm³/mol. The summed E-state index contributed by atoms with van der Waals surface area (Å²) in [5, 5.41) is 14.2. The van der Waals surface area contributed by atoms with E-state index in [0.29, 0.717) is 12.1 Å². The van der Waals surface area contributed by atoms with Gasteiger partial charge in [0.2, 0.25) is 0 Å². The van der Waals surface area contributed by atoms with E-state index < -0.39 is 6.10 Å². The monoisotopic (exact) mass is 231 g/mol. The third-order valence-corrected chi connectivity index (χ3v) is 2.95. The molecule has 0 saturated heterocycles. The molecular weight excluding hydrogens is 214 g/mol. The van der Waals surface area contributed by atoms with Gasteiger partial charge in [-0.3, -0.25) is 4.68 Å². The van der Waals surface area contributed by atoms with Crippen molar-refractivity contribution < 1.29 is 5.11 Å². The highest BCUT2D eigenvalue weighted by molar-refractivity contribution is 5.47. The molecule has 4 heteroatoms. The van der Waals surface area contributed by atoms with Gasteiger partial charge < -0.3 is 10.8 Å². The summed E-state index contributed by atoms with van der Waals surface area (Å²) in [6.45, 7) is 0. The van der Waals surface area contributed by atoms with Crippen LogP contribution in [0.25, 0.3) is 0 Å². The van der Waals surface area contributed by atoms with Crippen LogP contribution in [0, 0.1) is 0 Å². The molecule has 2 rings (SSSR count). The molecule has 0 radical (unpaired) electrons. The van der Waals surface area contributed by atoms with E-state index in [1.54, 1.807) is 6.20 Å². The summed E-state index contributed by atoms with van der Waals surface area (Å²) in [6.07, 6.45) is 2.67. The van der Waals surface area contributed by atoms with Crippen molar-refractivity contribution in [2.45, 2.75) is 18.9 Å². The van der Waals surface area contributed by atoms with Crippen LogP contribution < -0.4 is 5.73 Å². The molecule has 2 aromatic rings. The van der Waals surface area contributed by atoms with Gasteiger partial charge in [-0.05, 0) is 25.0 Å². The van der Waals surface area contributed by atoms with Crippen molar-refractivity contribution in [3.63, 3.8) is 0 Å². The number of aliphatic hydroxyl groups excluding tert-OH is 1. The van der Waals surface area contributed by atoms with Crippen molar-refractivity contribution in [2.75, 3.05) is 5.73 Å². The van der Waals surface area contributed by atoms with E-state index in [4.69, 9.17) is 5.73 Å². The topological polar surface area (TPSA) is 64.1 Å². The molecular formula is C13H17N3O. The lowest BCUT2D eigenvalue weighted by Gasteiger charge is -2.13. The fourth-order valence-corrected chi connectivity index (χ4v) is 1.90. The van der Waals surface area contributed by atoms with Crippen LogP contribution >= 0.6 is 0 Å². The van der Waals surface area contributed by atoms with Crippen LogP contribution in [-0.4, -0.2) is 14.9 Å². The van der Waals surface area contributed by atoms with Crippen LogP contribution in [0.2, 0.25) is 0 Å². The van der Waals surface area contributed by atoms with Crippen LogP contribution in [0.5, 0.6) is 0 Å². The number of aryl methyl sites for hydroxylation is 2. The van der Waals surface area contributed by atoms with Crippen molar-refractivity contribution >= 4 is 5.69 Å². The summed E-state index contributed by atoms with van der Waals surface area (Å²) in [6, 6.07) is 9.39. The predicted octanol–water partition coefficient (Wildman–Crippen LogP) is 1.67. The number of hydrogen-bond acceptors (Lipinski definition) is 3. The van der Waals surface area contributed by atoms with Crippen molar-refractivity contribution in [3.8, 4) is 0 Å². The van der Waals surface area contributed by atoms with Crippen LogP contribution in [0.3, 0.4) is 0 Å². The molecule has 1 aromatic carbocycles. The summed E-state index contributed by atoms with van der Waals surface area (Å²) in [5.74, 6) is 0. The maximum absolute atomic E-state index is 10.1. The molecule has 4 nitrogen and oxygen atoms in total. The van der Waals surface area contributed by atoms with Gasteiger partial charge in [0.25, 0.3) is 0 Å². The Morgan fingerprint density at radius 1 is 1.35 bits per heavy atom. The number of anilines is 1. The van der Waals surface area contributed by atoms with E-state index >= 15 is 0 Å². The number of hydrogen-bond donors (Lipinski definition) is 2. The van der Waals surface area contributed by atoms with E-state index in [1.807, 2.05) is 42.1 Å². The van der Waals surface area contributed by atoms with E-state index in [-0.39, 0.29) is 0 Å². The molecule has 90 valence electrons. The first-order chi connectivity index (χ1) is 8.18. The number of benzene rings is 1. The summed E-state index contributed by atoms with van der Waals surface area (Å²) in [7, 11) is 1.90. The molecule has 1 unspecified atom stereocenters. The van der Waals surface area contributed by atoms with Gasteiger partial charge in [-0.15, -0.1) is 0 Å². The van der Waals surface area contributed by atoms with Crippen molar-refractivity contribution in [1.82, 2.24) is 9.78 Å². The molecule has 1 heterocycles. The van der Waals surface area contributed by atoms with Gasteiger partial charge in [0.1, 0.15) is 0 Å². The third-order valence-electron chi connectivity index (χ3n) is 2.95.